The molecule has 4 nitrogen and oxygen atoms in total. The molecule has 0 radical (unpaired) electrons. The van der Waals surface area contributed by atoms with E-state index in [9.17, 15) is 4.79 Å². The maximum absolute atomic E-state index is 12.4. The van der Waals surface area contributed by atoms with Gasteiger partial charge in [0.1, 0.15) is 10.7 Å². The Kier molecular flexibility index (Phi) is 5.51. The van der Waals surface area contributed by atoms with Gasteiger partial charge in [0.25, 0.3) is 5.91 Å². The van der Waals surface area contributed by atoms with E-state index in [-0.39, 0.29) is 11.3 Å². The summed E-state index contributed by atoms with van der Waals surface area (Å²) in [5.41, 5.74) is 6.30. The quantitative estimate of drug-likeness (QED) is 0.503. The van der Waals surface area contributed by atoms with Crippen LogP contribution in [0.4, 0.5) is 0 Å². The van der Waals surface area contributed by atoms with Crippen molar-refractivity contribution in [2.45, 2.75) is 33.1 Å². The third kappa shape index (κ3) is 4.68. The van der Waals surface area contributed by atoms with Gasteiger partial charge in [0.05, 0.1) is 6.21 Å². The third-order valence-electron chi connectivity index (χ3n) is 4.19. The highest BCUT2D eigenvalue weighted by Crippen LogP contribution is 2.27. The fourth-order valence-corrected chi connectivity index (χ4v) is 3.51. The van der Waals surface area contributed by atoms with Crippen molar-refractivity contribution in [3.63, 3.8) is 0 Å². The summed E-state index contributed by atoms with van der Waals surface area (Å²) in [7, 11) is 0. The molecule has 1 heterocycles. The summed E-state index contributed by atoms with van der Waals surface area (Å²) in [6.07, 6.45) is 1.64. The van der Waals surface area contributed by atoms with E-state index in [0.29, 0.717) is 5.69 Å². The molecule has 1 aromatic heterocycles. The minimum Gasteiger partial charge on any atom is -0.266 e. The van der Waals surface area contributed by atoms with E-state index < -0.39 is 0 Å². The largest absolute Gasteiger partial charge is 0.291 e. The second kappa shape index (κ2) is 7.84. The number of nitrogens with zero attached hydrogens (tertiary/aromatic N) is 2. The number of hydrogen-bond acceptors (Lipinski definition) is 4. The van der Waals surface area contributed by atoms with Crippen LogP contribution in [-0.4, -0.2) is 17.1 Å². The molecule has 0 unspecified atom stereocenters. The van der Waals surface area contributed by atoms with Crippen molar-refractivity contribution in [3.05, 3.63) is 76.3 Å². The number of hydrazone groups is 1. The smallest absolute Gasteiger partial charge is 0.266 e. The lowest BCUT2D eigenvalue weighted by atomic mass is 9.87. The topological polar surface area (TPSA) is 54.4 Å². The molecule has 5 heteroatoms. The number of rotatable bonds is 4. The number of nitrogens with one attached hydrogen (secondary N) is 1. The van der Waals surface area contributed by atoms with E-state index >= 15 is 0 Å². The number of thiazole rings is 1. The number of benzene rings is 2. The first-order valence-electron chi connectivity index (χ1n) is 8.81. The number of carbonyl (C=O) groups is 1. The minimum absolute atomic E-state index is 0.114. The lowest BCUT2D eigenvalue weighted by molar-refractivity contribution is 0.0950. The number of aryl methyl sites for hydroxylation is 1. The molecule has 0 aliphatic rings. The van der Waals surface area contributed by atoms with Crippen LogP contribution in [0, 0.1) is 6.92 Å². The molecule has 0 saturated heterocycles. The Morgan fingerprint density at radius 2 is 1.74 bits per heavy atom. The number of aromatic nitrogens is 1. The van der Waals surface area contributed by atoms with Gasteiger partial charge in [0, 0.05) is 10.4 Å². The fourth-order valence-electron chi connectivity index (χ4n) is 2.60. The van der Waals surface area contributed by atoms with E-state index in [4.69, 9.17) is 0 Å². The van der Waals surface area contributed by atoms with E-state index in [1.807, 2.05) is 49.4 Å². The van der Waals surface area contributed by atoms with Gasteiger partial charge in [0.15, 0.2) is 0 Å². The summed E-state index contributed by atoms with van der Waals surface area (Å²) >= 11 is 1.51. The SMILES string of the molecule is Cc1sc(-c2ccccc2)nc1C(=O)N/N=C\c1ccc(C(C)(C)C)cc1. The molecule has 0 fully saturated rings. The molecule has 0 bridgehead atoms. The van der Waals surface area contributed by atoms with Gasteiger partial charge in [-0.25, -0.2) is 10.4 Å². The standard InChI is InChI=1S/C22H23N3OS/c1-15-19(24-21(27-15)17-8-6-5-7-9-17)20(26)25-23-14-16-10-12-18(13-11-16)22(2,3)4/h5-14H,1-4H3,(H,25,26)/b23-14-. The first-order valence-corrected chi connectivity index (χ1v) is 9.63. The summed E-state index contributed by atoms with van der Waals surface area (Å²) < 4.78 is 0. The van der Waals surface area contributed by atoms with E-state index in [1.54, 1.807) is 6.21 Å². The number of hydrogen-bond donors (Lipinski definition) is 1. The highest BCUT2D eigenvalue weighted by Gasteiger charge is 2.16. The molecule has 138 valence electrons. The molecule has 0 saturated carbocycles. The Hall–Kier alpha value is -2.79. The summed E-state index contributed by atoms with van der Waals surface area (Å²) in [6, 6.07) is 18.0. The predicted molar refractivity (Wildman–Crippen MR) is 112 cm³/mol. The van der Waals surface area contributed by atoms with Crippen molar-refractivity contribution >= 4 is 23.5 Å². The Morgan fingerprint density at radius 1 is 1.07 bits per heavy atom. The van der Waals surface area contributed by atoms with Crippen LogP contribution in [0.15, 0.2) is 59.7 Å². The van der Waals surface area contributed by atoms with Gasteiger partial charge < -0.3 is 0 Å². The van der Waals surface area contributed by atoms with Gasteiger partial charge in [0.2, 0.25) is 0 Å². The van der Waals surface area contributed by atoms with Crippen LogP contribution in [0.3, 0.4) is 0 Å². The second-order valence-electron chi connectivity index (χ2n) is 7.36. The van der Waals surface area contributed by atoms with Gasteiger partial charge in [-0.2, -0.15) is 5.10 Å². The molecule has 2 aromatic carbocycles. The molecular formula is C22H23N3OS. The Bertz CT molecular complexity index is 951. The molecule has 27 heavy (non-hydrogen) atoms. The normalized spacial score (nSPS) is 11.7. The van der Waals surface area contributed by atoms with Crippen LogP contribution in [-0.2, 0) is 5.41 Å². The van der Waals surface area contributed by atoms with Gasteiger partial charge in [-0.05, 0) is 23.5 Å². The lowest BCUT2D eigenvalue weighted by Gasteiger charge is -2.18. The Balaban J connectivity index is 1.67. The zero-order chi connectivity index (χ0) is 19.4. The Labute approximate surface area is 164 Å². The Morgan fingerprint density at radius 3 is 2.37 bits per heavy atom. The number of amides is 1. The van der Waals surface area contributed by atoms with Gasteiger partial charge in [-0.3, -0.25) is 4.79 Å². The monoisotopic (exact) mass is 377 g/mol. The second-order valence-corrected chi connectivity index (χ2v) is 8.56. The van der Waals surface area contributed by atoms with Crippen molar-refractivity contribution in [2.75, 3.05) is 0 Å². The van der Waals surface area contributed by atoms with Crippen LogP contribution in [0.25, 0.3) is 10.6 Å². The zero-order valence-electron chi connectivity index (χ0n) is 16.0. The van der Waals surface area contributed by atoms with Crippen LogP contribution in [0.2, 0.25) is 0 Å². The first-order chi connectivity index (χ1) is 12.8. The van der Waals surface area contributed by atoms with Gasteiger partial charge in [-0.1, -0.05) is 75.4 Å². The highest BCUT2D eigenvalue weighted by molar-refractivity contribution is 7.15. The average Bonchev–Trinajstić information content (AvgIpc) is 3.04. The van der Waals surface area contributed by atoms with Crippen molar-refractivity contribution in [2.24, 2.45) is 5.10 Å². The van der Waals surface area contributed by atoms with Crippen molar-refractivity contribution in [1.82, 2.24) is 10.4 Å². The molecule has 1 amide bonds. The number of carbonyl (C=O) groups excluding carboxylic acids is 1. The predicted octanol–water partition coefficient (Wildman–Crippen LogP) is 5.18. The molecule has 0 atom stereocenters. The van der Waals surface area contributed by atoms with Crippen molar-refractivity contribution in [3.8, 4) is 10.6 Å². The first kappa shape index (κ1) is 19.0. The molecule has 0 aliphatic carbocycles. The summed E-state index contributed by atoms with van der Waals surface area (Å²) in [4.78, 5) is 17.8. The van der Waals surface area contributed by atoms with Crippen LogP contribution in [0.1, 0.15) is 47.3 Å². The molecular weight excluding hydrogens is 354 g/mol. The van der Waals surface area contributed by atoms with Crippen molar-refractivity contribution in [1.29, 1.82) is 0 Å². The summed E-state index contributed by atoms with van der Waals surface area (Å²) in [5.74, 6) is -0.298. The molecule has 3 rings (SSSR count). The van der Waals surface area contributed by atoms with E-state index in [2.05, 4.69) is 48.4 Å². The average molecular weight is 378 g/mol. The lowest BCUT2D eigenvalue weighted by Crippen LogP contribution is -2.19. The third-order valence-corrected chi connectivity index (χ3v) is 5.21. The van der Waals surface area contributed by atoms with Crippen LogP contribution in [0.5, 0.6) is 0 Å². The van der Waals surface area contributed by atoms with Crippen LogP contribution >= 0.6 is 11.3 Å². The minimum atomic E-state index is -0.298. The van der Waals surface area contributed by atoms with Gasteiger partial charge >= 0.3 is 0 Å². The van der Waals surface area contributed by atoms with Crippen molar-refractivity contribution < 1.29 is 4.79 Å². The molecule has 0 aliphatic heterocycles. The zero-order valence-corrected chi connectivity index (χ0v) is 16.8. The molecule has 0 spiro atoms. The van der Waals surface area contributed by atoms with Gasteiger partial charge in [-0.15, -0.1) is 11.3 Å². The molecule has 3 aromatic rings. The summed E-state index contributed by atoms with van der Waals surface area (Å²) in [6.45, 7) is 8.43. The van der Waals surface area contributed by atoms with E-state index in [0.717, 1.165) is 21.0 Å². The molecule has 1 N–H and O–H groups in total. The fraction of sp³-hybridized carbons (Fsp3) is 0.227. The van der Waals surface area contributed by atoms with E-state index in [1.165, 1.54) is 16.9 Å². The summed E-state index contributed by atoms with van der Waals surface area (Å²) in [5, 5.41) is 4.91. The van der Waals surface area contributed by atoms with Crippen LogP contribution < -0.4 is 5.43 Å². The highest BCUT2D eigenvalue weighted by atomic mass is 32.1. The maximum atomic E-state index is 12.4. The maximum Gasteiger partial charge on any atom is 0.291 e.